The fourth-order valence-corrected chi connectivity index (χ4v) is 2.71. The molecule has 1 amide bonds. The van der Waals surface area contributed by atoms with E-state index in [9.17, 15) is 19.2 Å². The molecule has 0 atom stereocenters. The molecule has 0 radical (unpaired) electrons. The Bertz CT molecular complexity index is 765. The molecule has 2 rings (SSSR count). The monoisotopic (exact) mass is 359 g/mol. The lowest BCUT2D eigenvalue weighted by molar-refractivity contribution is -0.142. The Morgan fingerprint density at radius 2 is 1.72 bits per heavy atom. The van der Waals surface area contributed by atoms with Crippen molar-refractivity contribution >= 4 is 40.5 Å². The number of nitrogens with one attached hydrogen (secondary N) is 1. The number of carbonyl (C=O) groups excluding carboxylic acids is 4. The number of anilines is 1. The van der Waals surface area contributed by atoms with Gasteiger partial charge in [-0.3, -0.25) is 19.2 Å². The molecule has 0 fully saturated rings. The lowest BCUT2D eigenvalue weighted by Crippen LogP contribution is -2.15. The molecule has 0 saturated carbocycles. The van der Waals surface area contributed by atoms with Crippen molar-refractivity contribution < 1.29 is 23.9 Å². The third-order valence-electron chi connectivity index (χ3n) is 3.24. The molecule has 0 aliphatic heterocycles. The maximum absolute atomic E-state index is 12.0. The van der Waals surface area contributed by atoms with E-state index in [1.807, 2.05) is 0 Å². The van der Waals surface area contributed by atoms with Crippen LogP contribution in [0.5, 0.6) is 0 Å². The number of rotatable bonds is 8. The minimum Gasteiger partial charge on any atom is -0.457 e. The van der Waals surface area contributed by atoms with Gasteiger partial charge in [-0.25, -0.2) is 0 Å². The summed E-state index contributed by atoms with van der Waals surface area (Å²) in [4.78, 5) is 47.0. The summed E-state index contributed by atoms with van der Waals surface area (Å²) in [6.45, 7) is 1.01. The quantitative estimate of drug-likeness (QED) is 0.578. The highest BCUT2D eigenvalue weighted by Crippen LogP contribution is 2.13. The van der Waals surface area contributed by atoms with E-state index in [-0.39, 0.29) is 36.9 Å². The normalized spacial score (nSPS) is 10.1. The number of carbonyl (C=O) groups is 4. The Labute approximate surface area is 148 Å². The molecule has 1 aromatic carbocycles. The van der Waals surface area contributed by atoms with E-state index in [0.29, 0.717) is 16.1 Å². The van der Waals surface area contributed by atoms with Gasteiger partial charge in [0.1, 0.15) is 0 Å². The van der Waals surface area contributed by atoms with Gasteiger partial charge in [-0.15, -0.1) is 11.3 Å². The van der Waals surface area contributed by atoms with E-state index in [2.05, 4.69) is 5.32 Å². The average molecular weight is 359 g/mol. The number of ether oxygens (including phenoxy) is 1. The highest BCUT2D eigenvalue weighted by atomic mass is 32.1. The summed E-state index contributed by atoms with van der Waals surface area (Å²) in [5.41, 5.74) is 0.949. The van der Waals surface area contributed by atoms with Crippen LogP contribution in [-0.4, -0.2) is 30.0 Å². The lowest BCUT2D eigenvalue weighted by atomic mass is 10.1. The van der Waals surface area contributed by atoms with Gasteiger partial charge >= 0.3 is 5.97 Å². The Morgan fingerprint density at radius 1 is 1.00 bits per heavy atom. The van der Waals surface area contributed by atoms with Crippen LogP contribution in [0.1, 0.15) is 39.8 Å². The fourth-order valence-electron chi connectivity index (χ4n) is 2.02. The molecule has 130 valence electrons. The van der Waals surface area contributed by atoms with E-state index < -0.39 is 5.97 Å². The number of amides is 1. The predicted octanol–water partition coefficient (Wildman–Crippen LogP) is 3.10. The molecule has 0 saturated heterocycles. The first-order valence-electron chi connectivity index (χ1n) is 7.59. The largest absolute Gasteiger partial charge is 0.457 e. The van der Waals surface area contributed by atoms with Crippen LogP contribution in [0.25, 0.3) is 0 Å². The second-order valence-corrected chi connectivity index (χ2v) is 6.19. The second-order valence-electron chi connectivity index (χ2n) is 5.24. The van der Waals surface area contributed by atoms with Gasteiger partial charge in [0.05, 0.1) is 11.3 Å². The summed E-state index contributed by atoms with van der Waals surface area (Å²) in [6, 6.07) is 9.74. The minimum atomic E-state index is -0.590. The predicted molar refractivity (Wildman–Crippen MR) is 93.9 cm³/mol. The van der Waals surface area contributed by atoms with E-state index in [1.165, 1.54) is 18.3 Å². The Kier molecular flexibility index (Phi) is 6.59. The molecule has 1 aromatic heterocycles. The molecule has 0 aliphatic rings. The van der Waals surface area contributed by atoms with Gasteiger partial charge in [0.25, 0.3) is 0 Å². The highest BCUT2D eigenvalue weighted by molar-refractivity contribution is 7.12. The summed E-state index contributed by atoms with van der Waals surface area (Å²) < 4.78 is 4.91. The molecule has 1 heterocycles. The highest BCUT2D eigenvalue weighted by Gasteiger charge is 2.13. The van der Waals surface area contributed by atoms with Gasteiger partial charge in [0, 0.05) is 24.6 Å². The van der Waals surface area contributed by atoms with Crippen molar-refractivity contribution in [1.82, 2.24) is 0 Å². The molecule has 1 N–H and O–H groups in total. The second kappa shape index (κ2) is 8.89. The number of Topliss-reactive ketones (excluding diaryl/α,β-unsaturated/α-hetero) is 2. The minimum absolute atomic E-state index is 0.0545. The van der Waals surface area contributed by atoms with Gasteiger partial charge in [0.15, 0.2) is 18.2 Å². The smallest absolute Gasteiger partial charge is 0.306 e. The molecule has 0 spiro atoms. The topological polar surface area (TPSA) is 89.5 Å². The molecular weight excluding hydrogens is 342 g/mol. The van der Waals surface area contributed by atoms with Crippen molar-refractivity contribution in [2.24, 2.45) is 0 Å². The van der Waals surface area contributed by atoms with Crippen LogP contribution >= 0.6 is 11.3 Å². The van der Waals surface area contributed by atoms with Gasteiger partial charge < -0.3 is 10.1 Å². The van der Waals surface area contributed by atoms with Crippen LogP contribution in [0, 0.1) is 0 Å². The zero-order chi connectivity index (χ0) is 18.2. The molecular formula is C18H17NO5S. The number of benzene rings is 1. The van der Waals surface area contributed by atoms with E-state index in [4.69, 9.17) is 4.74 Å². The first-order chi connectivity index (χ1) is 12.0. The molecule has 7 heteroatoms. The van der Waals surface area contributed by atoms with Gasteiger partial charge in [-0.2, -0.15) is 0 Å². The maximum atomic E-state index is 12.0. The fraction of sp³-hybridized carbons (Fsp3) is 0.222. The number of hydrogen-bond donors (Lipinski definition) is 1. The van der Waals surface area contributed by atoms with Crippen molar-refractivity contribution in [2.45, 2.75) is 19.8 Å². The lowest BCUT2D eigenvalue weighted by Gasteiger charge is -2.06. The average Bonchev–Trinajstić information content (AvgIpc) is 3.12. The Balaban J connectivity index is 1.76. The number of thiophene rings is 1. The van der Waals surface area contributed by atoms with Crippen LogP contribution in [-0.2, 0) is 14.3 Å². The van der Waals surface area contributed by atoms with E-state index in [0.717, 1.165) is 0 Å². The van der Waals surface area contributed by atoms with Crippen LogP contribution in [0.3, 0.4) is 0 Å². The number of hydrogen-bond acceptors (Lipinski definition) is 6. The molecule has 25 heavy (non-hydrogen) atoms. The van der Waals surface area contributed by atoms with Crippen molar-refractivity contribution in [3.05, 3.63) is 52.2 Å². The Hall–Kier alpha value is -2.80. The SMILES string of the molecule is CC(=O)Nc1ccc(C(=O)COC(=O)CCC(=O)c2cccs2)cc1. The molecule has 0 bridgehead atoms. The zero-order valence-electron chi connectivity index (χ0n) is 13.6. The summed E-state index contributed by atoms with van der Waals surface area (Å²) in [5, 5.41) is 4.39. The van der Waals surface area contributed by atoms with Crippen molar-refractivity contribution in [3.63, 3.8) is 0 Å². The van der Waals surface area contributed by atoms with E-state index >= 15 is 0 Å². The molecule has 0 unspecified atom stereocenters. The third kappa shape index (κ3) is 5.96. The van der Waals surface area contributed by atoms with Crippen molar-refractivity contribution in [1.29, 1.82) is 0 Å². The summed E-state index contributed by atoms with van der Waals surface area (Å²) in [5.74, 6) is -1.27. The van der Waals surface area contributed by atoms with Crippen LogP contribution in [0.4, 0.5) is 5.69 Å². The van der Waals surface area contributed by atoms with Gasteiger partial charge in [-0.05, 0) is 35.7 Å². The molecule has 0 aliphatic carbocycles. The first-order valence-corrected chi connectivity index (χ1v) is 8.47. The standard InChI is InChI=1S/C18H17NO5S/c1-12(20)19-14-6-4-13(5-7-14)16(22)11-24-18(23)9-8-15(21)17-3-2-10-25-17/h2-7,10H,8-9,11H2,1H3,(H,19,20). The van der Waals surface area contributed by atoms with Crippen LogP contribution in [0.15, 0.2) is 41.8 Å². The number of ketones is 2. The molecule has 2 aromatic rings. The van der Waals surface area contributed by atoms with Crippen molar-refractivity contribution in [3.8, 4) is 0 Å². The Morgan fingerprint density at radius 3 is 2.32 bits per heavy atom. The van der Waals surface area contributed by atoms with Crippen LogP contribution < -0.4 is 5.32 Å². The first kappa shape index (κ1) is 18.5. The van der Waals surface area contributed by atoms with E-state index in [1.54, 1.807) is 41.8 Å². The zero-order valence-corrected chi connectivity index (χ0v) is 14.4. The third-order valence-corrected chi connectivity index (χ3v) is 4.15. The van der Waals surface area contributed by atoms with Crippen molar-refractivity contribution in [2.75, 3.05) is 11.9 Å². The summed E-state index contributed by atoms with van der Waals surface area (Å²) in [7, 11) is 0. The molecule has 6 nitrogen and oxygen atoms in total. The van der Waals surface area contributed by atoms with Gasteiger partial charge in [0.2, 0.25) is 5.91 Å². The number of esters is 1. The van der Waals surface area contributed by atoms with Crippen LogP contribution in [0.2, 0.25) is 0 Å². The maximum Gasteiger partial charge on any atom is 0.306 e. The summed E-state index contributed by atoms with van der Waals surface area (Å²) >= 11 is 1.32. The van der Waals surface area contributed by atoms with Gasteiger partial charge in [-0.1, -0.05) is 6.07 Å². The summed E-state index contributed by atoms with van der Waals surface area (Å²) in [6.07, 6.45) is -0.00949.